The Morgan fingerprint density at radius 3 is 2.53 bits per heavy atom. The van der Waals surface area contributed by atoms with Crippen molar-refractivity contribution < 1.29 is 17.5 Å². The van der Waals surface area contributed by atoms with E-state index in [1.807, 2.05) is 13.8 Å². The van der Waals surface area contributed by atoms with Gasteiger partial charge in [-0.15, -0.1) is 0 Å². The number of hydrogen-bond donors (Lipinski definition) is 0. The second-order valence-corrected chi connectivity index (χ2v) is 8.27. The second kappa shape index (κ2) is 6.90. The van der Waals surface area contributed by atoms with Crippen LogP contribution in [0.1, 0.15) is 13.8 Å². The van der Waals surface area contributed by atoms with Crippen LogP contribution in [0.5, 0.6) is 5.75 Å². The minimum Gasteiger partial charge on any atom is -0.493 e. The smallest absolute Gasteiger partial charge is 0.233 e. The normalized spacial score (nSPS) is 13.6. The molecule has 0 saturated heterocycles. The Hall–Kier alpha value is -0.330. The third kappa shape index (κ3) is 6.10. The number of hydrogen-bond acceptors (Lipinski definition) is 3. The summed E-state index contributed by atoms with van der Waals surface area (Å²) in [5.41, 5.74) is 0. The molecule has 0 aliphatic heterocycles. The van der Waals surface area contributed by atoms with Gasteiger partial charge in [0.25, 0.3) is 0 Å². The first-order chi connectivity index (χ1) is 8.69. The van der Waals surface area contributed by atoms with E-state index in [1.165, 1.54) is 12.1 Å². The molecule has 1 aromatic carbocycles. The minimum atomic E-state index is -3.58. The summed E-state index contributed by atoms with van der Waals surface area (Å²) in [4.78, 5) is 0. The molecular weight excluding hydrogens is 359 g/mol. The lowest BCUT2D eigenvalue weighted by molar-refractivity contribution is 0.224. The first kappa shape index (κ1) is 16.7. The topological polar surface area (TPSA) is 43.4 Å². The van der Waals surface area contributed by atoms with Crippen LogP contribution >= 0.6 is 26.6 Å². The van der Waals surface area contributed by atoms with E-state index in [9.17, 15) is 12.8 Å². The summed E-state index contributed by atoms with van der Waals surface area (Å²) in [5, 5.41) is 0. The minimum absolute atomic E-state index is 0.0915. The predicted octanol–water partition coefficient (Wildman–Crippen LogP) is 3.81. The van der Waals surface area contributed by atoms with Gasteiger partial charge in [0.2, 0.25) is 9.05 Å². The highest BCUT2D eigenvalue weighted by atomic mass is 79.9. The SMILES string of the molecule is CC(C)C(COc1ccc(Br)c(F)c1)CS(=O)(=O)Cl. The van der Waals surface area contributed by atoms with Gasteiger partial charge in [-0.1, -0.05) is 13.8 Å². The van der Waals surface area contributed by atoms with Gasteiger partial charge in [0.15, 0.2) is 0 Å². The molecule has 1 unspecified atom stereocenters. The van der Waals surface area contributed by atoms with E-state index < -0.39 is 14.9 Å². The van der Waals surface area contributed by atoms with Crippen LogP contribution in [0.3, 0.4) is 0 Å². The molecule has 19 heavy (non-hydrogen) atoms. The first-order valence-corrected chi connectivity index (χ1v) is 8.96. The summed E-state index contributed by atoms with van der Waals surface area (Å²) < 4.78 is 41.3. The molecule has 0 N–H and O–H groups in total. The van der Waals surface area contributed by atoms with Crippen LogP contribution in [0, 0.1) is 17.7 Å². The summed E-state index contributed by atoms with van der Waals surface area (Å²) in [5.74, 6) is -0.379. The summed E-state index contributed by atoms with van der Waals surface area (Å²) in [6, 6.07) is 4.39. The van der Waals surface area contributed by atoms with E-state index in [2.05, 4.69) is 15.9 Å². The van der Waals surface area contributed by atoms with Crippen molar-refractivity contribution in [3.8, 4) is 5.75 Å². The van der Waals surface area contributed by atoms with Crippen molar-refractivity contribution in [2.45, 2.75) is 13.8 Å². The molecule has 1 rings (SSSR count). The van der Waals surface area contributed by atoms with E-state index >= 15 is 0 Å². The third-order valence-corrected chi connectivity index (χ3v) is 4.56. The molecule has 0 aliphatic carbocycles. The Bertz CT molecular complexity index is 534. The summed E-state index contributed by atoms with van der Waals surface area (Å²) >= 11 is 3.05. The Morgan fingerprint density at radius 2 is 2.05 bits per heavy atom. The molecule has 0 bridgehead atoms. The molecule has 0 radical (unpaired) electrons. The lowest BCUT2D eigenvalue weighted by Crippen LogP contribution is -2.24. The predicted molar refractivity (Wildman–Crippen MR) is 77.6 cm³/mol. The Kier molecular flexibility index (Phi) is 6.08. The highest BCUT2D eigenvalue weighted by Crippen LogP contribution is 2.23. The maximum atomic E-state index is 13.3. The quantitative estimate of drug-likeness (QED) is 0.712. The van der Waals surface area contributed by atoms with Crippen molar-refractivity contribution in [3.05, 3.63) is 28.5 Å². The number of halogens is 3. The molecule has 1 atom stereocenters. The average molecular weight is 374 g/mol. The average Bonchev–Trinajstić information content (AvgIpc) is 2.27. The molecule has 3 nitrogen and oxygen atoms in total. The molecule has 0 amide bonds. The monoisotopic (exact) mass is 372 g/mol. The highest BCUT2D eigenvalue weighted by molar-refractivity contribution is 9.10. The van der Waals surface area contributed by atoms with E-state index in [0.717, 1.165) is 0 Å². The van der Waals surface area contributed by atoms with E-state index in [0.29, 0.717) is 10.2 Å². The Morgan fingerprint density at radius 1 is 1.42 bits per heavy atom. The molecule has 0 fully saturated rings. The third-order valence-electron chi connectivity index (χ3n) is 2.71. The number of rotatable bonds is 6. The fraction of sp³-hybridized carbons (Fsp3) is 0.500. The maximum absolute atomic E-state index is 13.3. The largest absolute Gasteiger partial charge is 0.493 e. The fourth-order valence-electron chi connectivity index (χ4n) is 1.46. The van der Waals surface area contributed by atoms with E-state index in [1.54, 1.807) is 6.07 Å². The molecular formula is C12H15BrClFO3S. The van der Waals surface area contributed by atoms with Crippen LogP contribution in [0.15, 0.2) is 22.7 Å². The maximum Gasteiger partial charge on any atom is 0.233 e. The van der Waals surface area contributed by atoms with Gasteiger partial charge in [-0.25, -0.2) is 12.8 Å². The van der Waals surface area contributed by atoms with Gasteiger partial charge in [0.05, 0.1) is 16.8 Å². The molecule has 0 aliphatic rings. The van der Waals surface area contributed by atoms with Crippen LogP contribution in [0.2, 0.25) is 0 Å². The second-order valence-electron chi connectivity index (χ2n) is 4.60. The zero-order valence-corrected chi connectivity index (χ0v) is 13.7. The summed E-state index contributed by atoms with van der Waals surface area (Å²) in [6.07, 6.45) is 0. The van der Waals surface area contributed by atoms with Gasteiger partial charge in [-0.3, -0.25) is 0 Å². The van der Waals surface area contributed by atoms with Crippen LogP contribution in [-0.4, -0.2) is 20.8 Å². The highest BCUT2D eigenvalue weighted by Gasteiger charge is 2.21. The number of ether oxygens (including phenoxy) is 1. The van der Waals surface area contributed by atoms with Crippen molar-refractivity contribution >= 4 is 35.7 Å². The van der Waals surface area contributed by atoms with Gasteiger partial charge in [0, 0.05) is 22.7 Å². The van der Waals surface area contributed by atoms with Crippen LogP contribution < -0.4 is 4.74 Å². The Labute approximate surface area is 125 Å². The molecule has 0 spiro atoms. The van der Waals surface area contributed by atoms with Crippen LogP contribution in [0.4, 0.5) is 4.39 Å². The summed E-state index contributed by atoms with van der Waals surface area (Å²) in [7, 11) is 1.67. The lowest BCUT2D eigenvalue weighted by atomic mass is 9.99. The van der Waals surface area contributed by atoms with Gasteiger partial charge < -0.3 is 4.74 Å². The van der Waals surface area contributed by atoms with Crippen molar-refractivity contribution in [2.24, 2.45) is 11.8 Å². The van der Waals surface area contributed by atoms with Gasteiger partial charge >= 0.3 is 0 Å². The summed E-state index contributed by atoms with van der Waals surface area (Å²) in [6.45, 7) is 3.95. The van der Waals surface area contributed by atoms with Crippen molar-refractivity contribution in [3.63, 3.8) is 0 Å². The zero-order valence-electron chi connectivity index (χ0n) is 10.6. The van der Waals surface area contributed by atoms with E-state index in [-0.39, 0.29) is 24.2 Å². The fourth-order valence-corrected chi connectivity index (χ4v) is 3.18. The van der Waals surface area contributed by atoms with E-state index in [4.69, 9.17) is 15.4 Å². The molecule has 0 heterocycles. The van der Waals surface area contributed by atoms with Crippen molar-refractivity contribution in [2.75, 3.05) is 12.4 Å². The molecule has 0 aromatic heterocycles. The first-order valence-electron chi connectivity index (χ1n) is 5.69. The van der Waals surface area contributed by atoms with Crippen molar-refractivity contribution in [1.29, 1.82) is 0 Å². The molecule has 1 aromatic rings. The zero-order chi connectivity index (χ0) is 14.6. The van der Waals surface area contributed by atoms with Gasteiger partial charge in [-0.2, -0.15) is 0 Å². The van der Waals surface area contributed by atoms with Gasteiger partial charge in [0.1, 0.15) is 11.6 Å². The lowest BCUT2D eigenvalue weighted by Gasteiger charge is -2.19. The standard InChI is InChI=1S/C12H15BrClFO3S/c1-8(2)9(7-19(14,16)17)6-18-10-3-4-11(13)12(15)5-10/h3-5,8-9H,6-7H2,1-2H3. The number of benzene rings is 1. The molecule has 0 saturated carbocycles. The van der Waals surface area contributed by atoms with Crippen molar-refractivity contribution in [1.82, 2.24) is 0 Å². The van der Waals surface area contributed by atoms with Crippen LogP contribution in [0.25, 0.3) is 0 Å². The molecule has 7 heteroatoms. The van der Waals surface area contributed by atoms with Crippen LogP contribution in [-0.2, 0) is 9.05 Å². The molecule has 108 valence electrons. The van der Waals surface area contributed by atoms with Gasteiger partial charge in [-0.05, 0) is 34.0 Å². The Balaban J connectivity index is 2.68.